The highest BCUT2D eigenvalue weighted by atomic mass is 16.2. The number of rotatable bonds is 3. The van der Waals surface area contributed by atoms with Crippen molar-refractivity contribution in [2.75, 3.05) is 5.43 Å². The van der Waals surface area contributed by atoms with E-state index >= 15 is 0 Å². The summed E-state index contributed by atoms with van der Waals surface area (Å²) in [5.74, 6) is -0.00352. The first-order valence-electron chi connectivity index (χ1n) is 3.62. The van der Waals surface area contributed by atoms with Crippen LogP contribution in [-0.2, 0) is 4.79 Å². The zero-order chi connectivity index (χ0) is 8.10. The maximum Gasteiger partial charge on any atom is 0.240 e. The van der Waals surface area contributed by atoms with Gasteiger partial charge in [-0.25, -0.2) is 5.43 Å². The van der Waals surface area contributed by atoms with Gasteiger partial charge in [-0.1, -0.05) is 6.92 Å². The molecular weight excluding hydrogens is 142 g/mol. The molecule has 0 aromatic carbocycles. The van der Waals surface area contributed by atoms with E-state index in [-0.39, 0.29) is 5.91 Å². The van der Waals surface area contributed by atoms with Gasteiger partial charge < -0.3 is 0 Å². The van der Waals surface area contributed by atoms with Crippen molar-refractivity contribution in [2.24, 2.45) is 0 Å². The second kappa shape index (κ2) is 3.75. The minimum Gasteiger partial charge on any atom is -0.273 e. The topological polar surface area (TPSA) is 46.9 Å². The van der Waals surface area contributed by atoms with Crippen molar-refractivity contribution >= 4 is 5.91 Å². The number of nitrogens with zero attached hydrogens (tertiary/aromatic N) is 2. The van der Waals surface area contributed by atoms with Crippen molar-refractivity contribution in [1.29, 1.82) is 0 Å². The number of nitrogens with one attached hydrogen (secondary N) is 1. The molecule has 0 aliphatic carbocycles. The number of carbonyl (C=O) groups excluding carboxylic acids is 1. The van der Waals surface area contributed by atoms with Crippen molar-refractivity contribution < 1.29 is 4.79 Å². The van der Waals surface area contributed by atoms with Crippen LogP contribution in [-0.4, -0.2) is 15.8 Å². The van der Waals surface area contributed by atoms with Crippen LogP contribution in [0.15, 0.2) is 18.5 Å². The summed E-state index contributed by atoms with van der Waals surface area (Å²) in [6.07, 6.45) is 4.70. The summed E-state index contributed by atoms with van der Waals surface area (Å²) in [5, 5.41) is 3.82. The molecule has 1 aromatic heterocycles. The molecule has 60 valence electrons. The Hall–Kier alpha value is -1.32. The molecule has 4 nitrogen and oxygen atoms in total. The molecule has 0 radical (unpaired) electrons. The molecule has 11 heavy (non-hydrogen) atoms. The fourth-order valence-electron chi connectivity index (χ4n) is 0.746. The number of carbonyl (C=O) groups is 1. The SMILES string of the molecule is CCCC(=O)Nn1cccn1. The third-order valence-electron chi connectivity index (χ3n) is 1.22. The van der Waals surface area contributed by atoms with E-state index < -0.39 is 0 Å². The summed E-state index contributed by atoms with van der Waals surface area (Å²) in [7, 11) is 0. The molecule has 0 saturated carbocycles. The molecule has 0 spiro atoms. The van der Waals surface area contributed by atoms with E-state index in [0.29, 0.717) is 6.42 Å². The van der Waals surface area contributed by atoms with Gasteiger partial charge in [-0.05, 0) is 12.5 Å². The minimum absolute atomic E-state index is 0.00352. The summed E-state index contributed by atoms with van der Waals surface area (Å²) < 4.78 is 0. The highest BCUT2D eigenvalue weighted by molar-refractivity contribution is 5.83. The predicted octanol–water partition coefficient (Wildman–Crippen LogP) is 0.753. The van der Waals surface area contributed by atoms with Gasteiger partial charge >= 0.3 is 0 Å². The fourth-order valence-corrected chi connectivity index (χ4v) is 0.746. The first-order valence-corrected chi connectivity index (χ1v) is 3.62. The van der Waals surface area contributed by atoms with Gasteiger partial charge in [0.1, 0.15) is 0 Å². The fraction of sp³-hybridized carbons (Fsp3) is 0.429. The molecule has 1 aromatic rings. The third-order valence-corrected chi connectivity index (χ3v) is 1.22. The lowest BCUT2D eigenvalue weighted by Gasteiger charge is -2.01. The average molecular weight is 153 g/mol. The van der Waals surface area contributed by atoms with Crippen LogP contribution >= 0.6 is 0 Å². The first kappa shape index (κ1) is 7.78. The van der Waals surface area contributed by atoms with Crippen LogP contribution < -0.4 is 5.43 Å². The van der Waals surface area contributed by atoms with Crippen LogP contribution in [0.25, 0.3) is 0 Å². The lowest BCUT2D eigenvalue weighted by atomic mass is 10.3. The molecular formula is C7H11N3O. The molecule has 0 bridgehead atoms. The quantitative estimate of drug-likeness (QED) is 0.696. The summed E-state index contributed by atoms with van der Waals surface area (Å²) in [6.45, 7) is 1.96. The number of hydrogen-bond donors (Lipinski definition) is 1. The van der Waals surface area contributed by atoms with E-state index in [0.717, 1.165) is 6.42 Å². The van der Waals surface area contributed by atoms with Gasteiger partial charge in [-0.15, -0.1) is 0 Å². The number of amides is 1. The van der Waals surface area contributed by atoms with Crippen molar-refractivity contribution in [3.05, 3.63) is 18.5 Å². The van der Waals surface area contributed by atoms with Crippen LogP contribution in [0.5, 0.6) is 0 Å². The second-order valence-electron chi connectivity index (χ2n) is 2.24. The lowest BCUT2D eigenvalue weighted by Crippen LogP contribution is -2.22. The Balaban J connectivity index is 2.37. The van der Waals surface area contributed by atoms with E-state index in [1.54, 1.807) is 18.5 Å². The van der Waals surface area contributed by atoms with Crippen LogP contribution in [0.3, 0.4) is 0 Å². The largest absolute Gasteiger partial charge is 0.273 e. The van der Waals surface area contributed by atoms with Crippen molar-refractivity contribution in [3.8, 4) is 0 Å². The maximum absolute atomic E-state index is 10.9. The van der Waals surface area contributed by atoms with Gasteiger partial charge in [0, 0.05) is 12.6 Å². The molecule has 0 atom stereocenters. The van der Waals surface area contributed by atoms with Gasteiger partial charge in [-0.2, -0.15) is 9.89 Å². The van der Waals surface area contributed by atoms with Crippen LogP contribution in [0.1, 0.15) is 19.8 Å². The molecule has 4 heteroatoms. The Kier molecular flexibility index (Phi) is 2.66. The molecule has 1 N–H and O–H groups in total. The monoisotopic (exact) mass is 153 g/mol. The average Bonchev–Trinajstić information content (AvgIpc) is 2.40. The Labute approximate surface area is 65.2 Å². The van der Waals surface area contributed by atoms with Crippen molar-refractivity contribution in [2.45, 2.75) is 19.8 Å². The Morgan fingerprint density at radius 1 is 1.73 bits per heavy atom. The van der Waals surface area contributed by atoms with E-state index in [4.69, 9.17) is 0 Å². The molecule has 1 amide bonds. The van der Waals surface area contributed by atoms with Crippen LogP contribution in [0.2, 0.25) is 0 Å². The van der Waals surface area contributed by atoms with Gasteiger partial charge in [0.25, 0.3) is 0 Å². The lowest BCUT2D eigenvalue weighted by molar-refractivity contribution is -0.117. The molecule has 0 saturated heterocycles. The van der Waals surface area contributed by atoms with E-state index in [1.165, 1.54) is 4.79 Å². The van der Waals surface area contributed by atoms with E-state index in [1.807, 2.05) is 6.92 Å². The van der Waals surface area contributed by atoms with Gasteiger partial charge in [0.05, 0.1) is 6.20 Å². The van der Waals surface area contributed by atoms with Crippen LogP contribution in [0.4, 0.5) is 0 Å². The summed E-state index contributed by atoms with van der Waals surface area (Å²) in [5.41, 5.74) is 2.59. The van der Waals surface area contributed by atoms with Gasteiger partial charge in [-0.3, -0.25) is 4.79 Å². The van der Waals surface area contributed by atoms with Gasteiger partial charge in [0.15, 0.2) is 0 Å². The first-order chi connectivity index (χ1) is 5.33. The van der Waals surface area contributed by atoms with Crippen molar-refractivity contribution in [3.63, 3.8) is 0 Å². The van der Waals surface area contributed by atoms with Crippen molar-refractivity contribution in [1.82, 2.24) is 9.89 Å². The molecule has 0 aliphatic rings. The number of aromatic nitrogens is 2. The summed E-state index contributed by atoms with van der Waals surface area (Å²) in [4.78, 5) is 12.3. The maximum atomic E-state index is 10.9. The van der Waals surface area contributed by atoms with E-state index in [9.17, 15) is 4.79 Å². The standard InChI is InChI=1S/C7H11N3O/c1-2-4-7(11)9-10-6-3-5-8-10/h3,5-6H,2,4H2,1H3,(H,9,11). The zero-order valence-corrected chi connectivity index (χ0v) is 6.45. The molecule has 0 aliphatic heterocycles. The summed E-state index contributed by atoms with van der Waals surface area (Å²) >= 11 is 0. The van der Waals surface area contributed by atoms with E-state index in [2.05, 4.69) is 10.5 Å². The highest BCUT2D eigenvalue weighted by Gasteiger charge is 1.97. The normalized spacial score (nSPS) is 9.55. The Morgan fingerprint density at radius 3 is 3.09 bits per heavy atom. The van der Waals surface area contributed by atoms with Crippen LogP contribution in [0, 0.1) is 0 Å². The molecule has 1 rings (SSSR count). The summed E-state index contributed by atoms with van der Waals surface area (Å²) in [6, 6.07) is 1.76. The van der Waals surface area contributed by atoms with Gasteiger partial charge in [0.2, 0.25) is 5.91 Å². The predicted molar refractivity (Wildman–Crippen MR) is 41.5 cm³/mol. The minimum atomic E-state index is -0.00352. The number of hydrogen-bond acceptors (Lipinski definition) is 2. The smallest absolute Gasteiger partial charge is 0.240 e. The third kappa shape index (κ3) is 2.41. The Morgan fingerprint density at radius 2 is 2.55 bits per heavy atom. The molecule has 0 unspecified atom stereocenters. The molecule has 1 heterocycles. The second-order valence-corrected chi connectivity index (χ2v) is 2.24. The highest BCUT2D eigenvalue weighted by Crippen LogP contribution is 1.87. The molecule has 0 fully saturated rings. The Bertz CT molecular complexity index is 218. The zero-order valence-electron chi connectivity index (χ0n) is 6.45.